The highest BCUT2D eigenvalue weighted by molar-refractivity contribution is 5.95. The summed E-state index contributed by atoms with van der Waals surface area (Å²) in [6.45, 7) is 3.91. The van der Waals surface area contributed by atoms with Crippen LogP contribution in [-0.4, -0.2) is 39.9 Å². The van der Waals surface area contributed by atoms with Gasteiger partial charge in [-0.25, -0.2) is 9.78 Å². The second-order valence-electron chi connectivity index (χ2n) is 10.3. The van der Waals surface area contributed by atoms with E-state index in [1.54, 1.807) is 4.90 Å². The molecule has 3 aromatic rings. The fourth-order valence-corrected chi connectivity index (χ4v) is 5.85. The van der Waals surface area contributed by atoms with E-state index in [4.69, 9.17) is 9.72 Å². The Morgan fingerprint density at radius 2 is 1.83 bits per heavy atom. The summed E-state index contributed by atoms with van der Waals surface area (Å²) in [7, 11) is 1.42. The molecule has 2 aromatic carbocycles. The first-order valence-electron chi connectivity index (χ1n) is 12.5. The quantitative estimate of drug-likeness (QED) is 0.520. The first-order valence-corrected chi connectivity index (χ1v) is 12.5. The molecule has 5 rings (SSSR count). The molecule has 2 heterocycles. The SMILES string of the molecule is COC(=O)N1c2ccc3c(nc(Cc4ccccc4)n3[C@H]3CC[C@@](C)(C(=O)O)CC3)c2CC[C@@H]1C. The summed E-state index contributed by atoms with van der Waals surface area (Å²) in [4.78, 5) is 31.3. The van der Waals surface area contributed by atoms with Gasteiger partial charge in [-0.3, -0.25) is 9.69 Å². The Kier molecular flexibility index (Phi) is 6.03. The molecule has 1 atom stereocenters. The molecule has 1 aromatic heterocycles. The average Bonchev–Trinajstić information content (AvgIpc) is 3.22. The number of hydrogen-bond donors (Lipinski definition) is 1. The number of benzene rings is 2. The maximum Gasteiger partial charge on any atom is 0.414 e. The molecule has 1 N–H and O–H groups in total. The summed E-state index contributed by atoms with van der Waals surface area (Å²) < 4.78 is 7.44. The molecule has 35 heavy (non-hydrogen) atoms. The van der Waals surface area contributed by atoms with E-state index in [0.29, 0.717) is 19.3 Å². The number of carbonyl (C=O) groups excluding carboxylic acids is 1. The normalized spacial score (nSPS) is 24.3. The Balaban J connectivity index is 1.61. The minimum Gasteiger partial charge on any atom is -0.481 e. The van der Waals surface area contributed by atoms with Crippen molar-refractivity contribution in [3.8, 4) is 0 Å². The Hall–Kier alpha value is -3.35. The number of aryl methyl sites for hydroxylation is 1. The van der Waals surface area contributed by atoms with Gasteiger partial charge >= 0.3 is 12.1 Å². The maximum absolute atomic E-state index is 12.6. The number of hydrogen-bond acceptors (Lipinski definition) is 4. The number of anilines is 1. The number of carbonyl (C=O) groups is 2. The zero-order valence-electron chi connectivity index (χ0n) is 20.7. The van der Waals surface area contributed by atoms with Gasteiger partial charge in [-0.15, -0.1) is 0 Å². The van der Waals surface area contributed by atoms with E-state index < -0.39 is 11.4 Å². The number of carboxylic acid groups (broad SMARTS) is 1. The highest BCUT2D eigenvalue weighted by Crippen LogP contribution is 2.44. The van der Waals surface area contributed by atoms with Crippen LogP contribution < -0.4 is 4.90 Å². The molecular weight excluding hydrogens is 442 g/mol. The molecule has 0 unspecified atom stereocenters. The van der Waals surface area contributed by atoms with Crippen LogP contribution in [0.25, 0.3) is 11.0 Å². The van der Waals surface area contributed by atoms with Crippen LogP contribution in [0.1, 0.15) is 68.9 Å². The van der Waals surface area contributed by atoms with Gasteiger partial charge in [-0.05, 0) is 70.1 Å². The number of aromatic nitrogens is 2. The molecule has 1 aliphatic heterocycles. The molecule has 7 nitrogen and oxygen atoms in total. The van der Waals surface area contributed by atoms with Crippen molar-refractivity contribution in [2.75, 3.05) is 12.0 Å². The largest absolute Gasteiger partial charge is 0.481 e. The lowest BCUT2D eigenvalue weighted by Crippen LogP contribution is -2.42. The van der Waals surface area contributed by atoms with Crippen LogP contribution in [0.4, 0.5) is 10.5 Å². The number of nitrogens with zero attached hydrogens (tertiary/aromatic N) is 3. The Morgan fingerprint density at radius 1 is 1.11 bits per heavy atom. The lowest BCUT2D eigenvalue weighted by Gasteiger charge is -2.36. The first-order chi connectivity index (χ1) is 16.8. The second kappa shape index (κ2) is 9.02. The number of methoxy groups -OCH3 is 1. The Labute approximate surface area is 205 Å². The minimum atomic E-state index is -0.706. The van der Waals surface area contributed by atoms with Gasteiger partial charge in [-0.2, -0.15) is 0 Å². The number of carboxylic acids is 1. The van der Waals surface area contributed by atoms with Gasteiger partial charge in [0.2, 0.25) is 0 Å². The molecule has 2 aliphatic rings. The fourth-order valence-electron chi connectivity index (χ4n) is 5.85. The smallest absolute Gasteiger partial charge is 0.414 e. The molecule has 0 spiro atoms. The average molecular weight is 476 g/mol. The van der Waals surface area contributed by atoms with Gasteiger partial charge < -0.3 is 14.4 Å². The predicted octanol–water partition coefficient (Wildman–Crippen LogP) is 5.74. The minimum absolute atomic E-state index is 0.0605. The van der Waals surface area contributed by atoms with Crippen molar-refractivity contribution >= 4 is 28.8 Å². The summed E-state index contributed by atoms with van der Waals surface area (Å²) in [6, 6.07) is 14.7. The third kappa shape index (κ3) is 4.07. The number of imidazole rings is 1. The van der Waals surface area contributed by atoms with E-state index in [0.717, 1.165) is 53.8 Å². The monoisotopic (exact) mass is 475 g/mol. The molecule has 7 heteroatoms. The highest BCUT2D eigenvalue weighted by atomic mass is 16.5. The van der Waals surface area contributed by atoms with Crippen molar-refractivity contribution in [1.82, 2.24) is 9.55 Å². The van der Waals surface area contributed by atoms with Crippen molar-refractivity contribution in [3.63, 3.8) is 0 Å². The molecule has 0 saturated heterocycles. The molecule has 1 saturated carbocycles. The third-order valence-corrected chi connectivity index (χ3v) is 8.04. The summed E-state index contributed by atoms with van der Waals surface area (Å²) in [6.07, 6.45) is 4.96. The van der Waals surface area contributed by atoms with E-state index in [1.165, 1.54) is 12.7 Å². The van der Waals surface area contributed by atoms with Crippen LogP contribution in [-0.2, 0) is 22.4 Å². The van der Waals surface area contributed by atoms with E-state index >= 15 is 0 Å². The van der Waals surface area contributed by atoms with Crippen LogP contribution in [0.3, 0.4) is 0 Å². The van der Waals surface area contributed by atoms with E-state index in [-0.39, 0.29) is 18.2 Å². The van der Waals surface area contributed by atoms with Gasteiger partial charge in [0, 0.05) is 24.1 Å². The molecule has 0 bridgehead atoms. The van der Waals surface area contributed by atoms with Gasteiger partial charge in [0.25, 0.3) is 0 Å². The standard InChI is InChI=1S/C28H33N3O4/c1-18-9-10-21-22(30(18)27(34)35-3)11-12-23-25(21)29-24(17-19-7-5-4-6-8-19)31(23)20-13-15-28(2,16-14-20)26(32)33/h4-8,11-12,18,20H,9-10,13-17H2,1-3H3,(H,32,33)/t18-,20-,28+/m0/s1. The highest BCUT2D eigenvalue weighted by Gasteiger charge is 2.39. The van der Waals surface area contributed by atoms with Crippen LogP contribution in [0.2, 0.25) is 0 Å². The number of amides is 1. The molecular formula is C28H33N3O4. The number of fused-ring (bicyclic) bond motifs is 3. The van der Waals surface area contributed by atoms with E-state index in [1.807, 2.05) is 38.1 Å². The van der Waals surface area contributed by atoms with Gasteiger partial charge in [0.1, 0.15) is 5.82 Å². The number of aliphatic carboxylic acids is 1. The lowest BCUT2D eigenvalue weighted by molar-refractivity contribution is -0.150. The number of rotatable bonds is 4. The van der Waals surface area contributed by atoms with E-state index in [9.17, 15) is 14.7 Å². The molecule has 1 aliphatic carbocycles. The van der Waals surface area contributed by atoms with Crippen LogP contribution in [0, 0.1) is 5.41 Å². The summed E-state index contributed by atoms with van der Waals surface area (Å²) in [5.74, 6) is 0.286. The first kappa shape index (κ1) is 23.4. The zero-order valence-corrected chi connectivity index (χ0v) is 20.7. The van der Waals surface area contributed by atoms with Crippen LogP contribution >= 0.6 is 0 Å². The van der Waals surface area contributed by atoms with Gasteiger partial charge in [-0.1, -0.05) is 30.3 Å². The predicted molar refractivity (Wildman–Crippen MR) is 135 cm³/mol. The third-order valence-electron chi connectivity index (χ3n) is 8.04. The number of ether oxygens (including phenoxy) is 1. The van der Waals surface area contributed by atoms with Crippen molar-refractivity contribution < 1.29 is 19.4 Å². The topological polar surface area (TPSA) is 84.7 Å². The second-order valence-corrected chi connectivity index (χ2v) is 10.3. The Morgan fingerprint density at radius 3 is 2.49 bits per heavy atom. The molecule has 184 valence electrons. The summed E-state index contributed by atoms with van der Waals surface area (Å²) in [5, 5.41) is 9.72. The Bertz CT molecular complexity index is 1260. The van der Waals surface area contributed by atoms with Crippen LogP contribution in [0.15, 0.2) is 42.5 Å². The zero-order chi connectivity index (χ0) is 24.7. The molecule has 1 amide bonds. The van der Waals surface area contributed by atoms with Crippen molar-refractivity contribution in [2.45, 2.75) is 70.9 Å². The molecule has 0 radical (unpaired) electrons. The summed E-state index contributed by atoms with van der Waals surface area (Å²) in [5.41, 5.74) is 4.50. The lowest BCUT2D eigenvalue weighted by atomic mass is 9.74. The van der Waals surface area contributed by atoms with Crippen molar-refractivity contribution in [3.05, 3.63) is 59.4 Å². The van der Waals surface area contributed by atoms with E-state index in [2.05, 4.69) is 22.8 Å². The van der Waals surface area contributed by atoms with Gasteiger partial charge in [0.05, 0.1) is 29.2 Å². The van der Waals surface area contributed by atoms with Crippen LogP contribution in [0.5, 0.6) is 0 Å². The fraction of sp³-hybridized carbons (Fsp3) is 0.464. The molecule has 1 fully saturated rings. The summed E-state index contributed by atoms with van der Waals surface area (Å²) >= 11 is 0. The van der Waals surface area contributed by atoms with Gasteiger partial charge in [0.15, 0.2) is 0 Å². The van der Waals surface area contributed by atoms with Crippen molar-refractivity contribution in [2.24, 2.45) is 5.41 Å². The maximum atomic E-state index is 12.6. The van der Waals surface area contributed by atoms with Crippen molar-refractivity contribution in [1.29, 1.82) is 0 Å².